The van der Waals surface area contributed by atoms with Crippen molar-refractivity contribution >= 4 is 27.2 Å². The Bertz CT molecular complexity index is 329. The van der Waals surface area contributed by atoms with E-state index in [4.69, 9.17) is 10.5 Å². The Morgan fingerprint density at radius 1 is 1.67 bits per heavy atom. The Balaban J connectivity index is 2.39. The summed E-state index contributed by atoms with van der Waals surface area (Å²) in [5.41, 5.74) is 5.18. The Hall–Kier alpha value is -0.240. The summed E-state index contributed by atoms with van der Waals surface area (Å²) in [7, 11) is -3.36. The lowest BCUT2D eigenvalue weighted by Crippen LogP contribution is -2.36. The molecule has 0 bridgehead atoms. The van der Waals surface area contributed by atoms with E-state index in [1.807, 2.05) is 6.92 Å². The molecule has 1 heterocycles. The third-order valence-corrected chi connectivity index (χ3v) is 4.06. The average Bonchev–Trinajstić information content (AvgIpc) is 2.45. The van der Waals surface area contributed by atoms with Gasteiger partial charge in [0.15, 0.2) is 0 Å². The van der Waals surface area contributed by atoms with Gasteiger partial charge in [-0.3, -0.25) is 0 Å². The van der Waals surface area contributed by atoms with Gasteiger partial charge in [0.2, 0.25) is 10.0 Å². The van der Waals surface area contributed by atoms with E-state index in [9.17, 15) is 8.42 Å². The van der Waals surface area contributed by atoms with Gasteiger partial charge in [0.1, 0.15) is 5.75 Å². The van der Waals surface area contributed by atoms with Crippen molar-refractivity contribution < 1.29 is 13.2 Å². The number of hydrogen-bond donors (Lipinski definition) is 2. The predicted octanol–water partition coefficient (Wildman–Crippen LogP) is -0.383. The first-order valence-corrected chi connectivity index (χ1v) is 6.84. The molecule has 1 aliphatic rings. The first kappa shape index (κ1) is 12.8. The van der Waals surface area contributed by atoms with E-state index in [0.29, 0.717) is 13.2 Å². The van der Waals surface area contributed by atoms with Crippen LogP contribution in [0.25, 0.3) is 0 Å². The molecule has 1 fully saturated rings. The van der Waals surface area contributed by atoms with Gasteiger partial charge in [0.05, 0.1) is 11.1 Å². The molecular weight excluding hydrogens is 236 g/mol. The number of hydrogen-bond acceptors (Lipinski definition) is 4. The van der Waals surface area contributed by atoms with Crippen LogP contribution >= 0.6 is 12.2 Å². The van der Waals surface area contributed by atoms with Crippen LogP contribution in [0.4, 0.5) is 0 Å². The average molecular weight is 252 g/mol. The smallest absolute Gasteiger partial charge is 0.218 e. The van der Waals surface area contributed by atoms with E-state index in [-0.39, 0.29) is 22.8 Å². The predicted molar refractivity (Wildman–Crippen MR) is 62.1 cm³/mol. The number of nitrogens with two attached hydrogens (primary N) is 1. The maximum atomic E-state index is 11.4. The van der Waals surface area contributed by atoms with E-state index in [1.165, 1.54) is 0 Å². The largest absolute Gasteiger partial charge is 0.392 e. The van der Waals surface area contributed by atoms with Crippen molar-refractivity contribution in [2.45, 2.75) is 19.4 Å². The third kappa shape index (κ3) is 4.42. The number of ether oxygens (including phenoxy) is 1. The lowest BCUT2D eigenvalue weighted by atomic mass is 10.0. The van der Waals surface area contributed by atoms with Crippen LogP contribution in [-0.4, -0.2) is 38.4 Å². The summed E-state index contributed by atoms with van der Waals surface area (Å²) >= 11 is 4.55. The minimum atomic E-state index is -3.36. The molecule has 0 aliphatic carbocycles. The van der Waals surface area contributed by atoms with Crippen LogP contribution in [-0.2, 0) is 14.8 Å². The van der Waals surface area contributed by atoms with Gasteiger partial charge in [-0.1, -0.05) is 12.2 Å². The Kier molecular flexibility index (Phi) is 4.45. The van der Waals surface area contributed by atoms with Crippen molar-refractivity contribution in [2.24, 2.45) is 11.7 Å². The minimum Gasteiger partial charge on any atom is -0.392 e. The van der Waals surface area contributed by atoms with Crippen molar-refractivity contribution in [1.29, 1.82) is 0 Å². The summed E-state index contributed by atoms with van der Waals surface area (Å²) in [6.45, 7) is 3.04. The standard InChI is InChI=1S/C8H16N2O3S2/c1-6-7(2-3-13-6)4-10-15(11,12)5-8(9)14/h6-7,10H,2-5H2,1H3,(H2,9,14). The van der Waals surface area contributed by atoms with E-state index in [2.05, 4.69) is 16.9 Å². The monoisotopic (exact) mass is 252 g/mol. The summed E-state index contributed by atoms with van der Waals surface area (Å²) < 4.78 is 30.6. The molecular formula is C8H16N2O3S2. The summed E-state index contributed by atoms with van der Waals surface area (Å²) in [5.74, 6) is -0.0456. The molecule has 7 heteroatoms. The second-order valence-electron chi connectivity index (χ2n) is 3.70. The van der Waals surface area contributed by atoms with E-state index in [0.717, 1.165) is 6.42 Å². The molecule has 15 heavy (non-hydrogen) atoms. The molecule has 3 N–H and O–H groups in total. The maximum absolute atomic E-state index is 11.4. The van der Waals surface area contributed by atoms with Gasteiger partial charge in [-0.15, -0.1) is 0 Å². The number of thiocarbonyl (C=S) groups is 1. The molecule has 5 nitrogen and oxygen atoms in total. The quantitative estimate of drug-likeness (QED) is 0.652. The molecule has 0 aromatic carbocycles. The maximum Gasteiger partial charge on any atom is 0.218 e. The first-order valence-electron chi connectivity index (χ1n) is 4.78. The normalized spacial score (nSPS) is 26.7. The molecule has 0 amide bonds. The molecule has 2 atom stereocenters. The van der Waals surface area contributed by atoms with Crippen molar-refractivity contribution in [3.05, 3.63) is 0 Å². The van der Waals surface area contributed by atoms with E-state index >= 15 is 0 Å². The van der Waals surface area contributed by atoms with Crippen LogP contribution in [0.5, 0.6) is 0 Å². The second kappa shape index (κ2) is 5.20. The molecule has 1 saturated heterocycles. The van der Waals surface area contributed by atoms with Gasteiger partial charge in [0, 0.05) is 19.1 Å². The van der Waals surface area contributed by atoms with Crippen molar-refractivity contribution in [1.82, 2.24) is 4.72 Å². The topological polar surface area (TPSA) is 81.4 Å². The minimum absolute atomic E-state index is 0.0155. The fraction of sp³-hybridized carbons (Fsp3) is 0.875. The van der Waals surface area contributed by atoms with Gasteiger partial charge in [-0.25, -0.2) is 13.1 Å². The van der Waals surface area contributed by atoms with Crippen LogP contribution in [0.2, 0.25) is 0 Å². The zero-order chi connectivity index (χ0) is 11.5. The number of nitrogens with one attached hydrogen (secondary N) is 1. The van der Waals surface area contributed by atoms with Crippen molar-refractivity contribution in [3.63, 3.8) is 0 Å². The Labute approximate surface area is 95.4 Å². The first-order chi connectivity index (χ1) is 6.91. The molecule has 88 valence electrons. The highest BCUT2D eigenvalue weighted by atomic mass is 32.2. The molecule has 1 aliphatic heterocycles. The summed E-state index contributed by atoms with van der Waals surface area (Å²) in [4.78, 5) is -0.0155. The Morgan fingerprint density at radius 2 is 2.33 bits per heavy atom. The summed E-state index contributed by atoms with van der Waals surface area (Å²) in [6, 6.07) is 0. The summed E-state index contributed by atoms with van der Waals surface area (Å²) in [6.07, 6.45) is 0.994. The molecule has 0 saturated carbocycles. The molecule has 0 spiro atoms. The van der Waals surface area contributed by atoms with E-state index in [1.54, 1.807) is 0 Å². The lowest BCUT2D eigenvalue weighted by Gasteiger charge is -2.14. The third-order valence-electron chi connectivity index (χ3n) is 2.43. The SMILES string of the molecule is CC1OCCC1CNS(=O)(=O)CC(N)=S. The fourth-order valence-corrected chi connectivity index (χ4v) is 2.93. The molecule has 2 unspecified atom stereocenters. The van der Waals surface area contributed by atoms with Crippen LogP contribution < -0.4 is 10.5 Å². The fourth-order valence-electron chi connectivity index (χ4n) is 1.52. The van der Waals surface area contributed by atoms with E-state index < -0.39 is 10.0 Å². The Morgan fingerprint density at radius 3 is 2.80 bits per heavy atom. The number of sulfonamides is 1. The molecule has 1 rings (SSSR count). The zero-order valence-corrected chi connectivity index (χ0v) is 10.2. The van der Waals surface area contributed by atoms with Gasteiger partial charge in [-0.05, 0) is 13.3 Å². The summed E-state index contributed by atoms with van der Waals surface area (Å²) in [5, 5.41) is 0. The van der Waals surface area contributed by atoms with Crippen LogP contribution in [0.3, 0.4) is 0 Å². The highest BCUT2D eigenvalue weighted by Gasteiger charge is 2.25. The van der Waals surface area contributed by atoms with Crippen LogP contribution in [0.1, 0.15) is 13.3 Å². The van der Waals surface area contributed by atoms with Gasteiger partial charge >= 0.3 is 0 Å². The zero-order valence-electron chi connectivity index (χ0n) is 8.60. The lowest BCUT2D eigenvalue weighted by molar-refractivity contribution is 0.107. The van der Waals surface area contributed by atoms with Gasteiger partial charge in [0.25, 0.3) is 0 Å². The van der Waals surface area contributed by atoms with Crippen molar-refractivity contribution in [2.75, 3.05) is 18.9 Å². The second-order valence-corrected chi connectivity index (χ2v) is 6.03. The molecule has 0 aromatic heterocycles. The highest BCUT2D eigenvalue weighted by Crippen LogP contribution is 2.19. The molecule has 0 aromatic rings. The molecule has 0 radical (unpaired) electrons. The number of rotatable bonds is 5. The van der Waals surface area contributed by atoms with Crippen LogP contribution in [0.15, 0.2) is 0 Å². The van der Waals surface area contributed by atoms with Gasteiger partial charge in [-0.2, -0.15) is 0 Å². The van der Waals surface area contributed by atoms with Crippen LogP contribution in [0, 0.1) is 5.92 Å². The van der Waals surface area contributed by atoms with Gasteiger partial charge < -0.3 is 10.5 Å². The highest BCUT2D eigenvalue weighted by molar-refractivity contribution is 7.92. The van der Waals surface area contributed by atoms with Crippen molar-refractivity contribution in [3.8, 4) is 0 Å².